The summed E-state index contributed by atoms with van der Waals surface area (Å²) in [6.07, 6.45) is 0. The van der Waals surface area contributed by atoms with Gasteiger partial charge in [0, 0.05) is 13.2 Å². The number of hydrazine groups is 1. The van der Waals surface area contributed by atoms with Crippen LogP contribution in [-0.4, -0.2) is 51.7 Å². The zero-order chi connectivity index (χ0) is 15.5. The van der Waals surface area contributed by atoms with Gasteiger partial charge in [-0.05, 0) is 0 Å². The van der Waals surface area contributed by atoms with E-state index in [1.165, 1.54) is 0 Å². The predicted octanol–water partition coefficient (Wildman–Crippen LogP) is 0.704. The largest absolute Gasteiger partial charge is 0.473 e. The van der Waals surface area contributed by atoms with Gasteiger partial charge in [-0.25, -0.2) is 14.6 Å². The number of nitrogens with one attached hydrogen (secondary N) is 1. The number of ether oxygens (including phenoxy) is 4. The Balaban J connectivity index is 2.18. The molecule has 0 amide bonds. The van der Waals surface area contributed by atoms with Crippen molar-refractivity contribution in [2.24, 2.45) is 5.84 Å². The third-order valence-electron chi connectivity index (χ3n) is 2.30. The van der Waals surface area contributed by atoms with E-state index in [0.29, 0.717) is 32.5 Å². The molecule has 0 aromatic carbocycles. The summed E-state index contributed by atoms with van der Waals surface area (Å²) in [6.45, 7) is 2.11. The van der Waals surface area contributed by atoms with Crippen LogP contribution in [0.2, 0.25) is 0 Å². The predicted molar refractivity (Wildman–Crippen MR) is 71.0 cm³/mol. The number of hydrogen-bond donors (Lipinski definition) is 2. The van der Waals surface area contributed by atoms with Crippen molar-refractivity contribution in [1.82, 2.24) is 4.98 Å². The molecule has 0 fully saturated rings. The van der Waals surface area contributed by atoms with Crippen LogP contribution in [0.1, 0.15) is 0 Å². The molecule has 3 N–H and O–H groups in total. The van der Waals surface area contributed by atoms with Gasteiger partial charge in [-0.1, -0.05) is 0 Å². The Bertz CT molecular complexity index is 424. The van der Waals surface area contributed by atoms with Gasteiger partial charge >= 0.3 is 0 Å². The monoisotopic (exact) mass is 307 g/mol. The minimum absolute atomic E-state index is 0.0671. The Labute approximate surface area is 121 Å². The fourth-order valence-electron chi connectivity index (χ4n) is 1.31. The number of rotatable bonds is 11. The molecular formula is C12H19F2N3O4. The topological polar surface area (TPSA) is 87.9 Å². The Morgan fingerprint density at radius 2 is 1.67 bits per heavy atom. The molecule has 0 bridgehead atoms. The van der Waals surface area contributed by atoms with Gasteiger partial charge in [-0.3, -0.25) is 0 Å². The number of hydrogen-bond acceptors (Lipinski definition) is 7. The molecule has 0 aliphatic carbocycles. The second-order valence-electron chi connectivity index (χ2n) is 3.82. The van der Waals surface area contributed by atoms with Crippen LogP contribution in [0.5, 0.6) is 5.88 Å². The van der Waals surface area contributed by atoms with Crippen LogP contribution in [0, 0.1) is 11.6 Å². The lowest BCUT2D eigenvalue weighted by Crippen LogP contribution is -2.15. The summed E-state index contributed by atoms with van der Waals surface area (Å²) >= 11 is 0. The number of methoxy groups -OCH3 is 1. The van der Waals surface area contributed by atoms with Crippen LogP contribution >= 0.6 is 0 Å². The van der Waals surface area contributed by atoms with E-state index in [1.54, 1.807) is 7.11 Å². The molecule has 0 unspecified atom stereocenters. The van der Waals surface area contributed by atoms with Gasteiger partial charge in [0.1, 0.15) is 6.61 Å². The Hall–Kier alpha value is -1.55. The third-order valence-corrected chi connectivity index (χ3v) is 2.30. The number of nitrogen functional groups attached to an aromatic ring is 1. The molecule has 0 atom stereocenters. The van der Waals surface area contributed by atoms with Crippen molar-refractivity contribution in [3.8, 4) is 5.88 Å². The molecule has 0 spiro atoms. The first-order valence-corrected chi connectivity index (χ1v) is 6.29. The van der Waals surface area contributed by atoms with Crippen LogP contribution < -0.4 is 16.0 Å². The van der Waals surface area contributed by atoms with Crippen LogP contribution in [0.25, 0.3) is 0 Å². The van der Waals surface area contributed by atoms with Crippen molar-refractivity contribution < 1.29 is 27.7 Å². The van der Waals surface area contributed by atoms with Crippen molar-refractivity contribution in [1.29, 1.82) is 0 Å². The first-order valence-electron chi connectivity index (χ1n) is 6.29. The van der Waals surface area contributed by atoms with Crippen LogP contribution in [-0.2, 0) is 14.2 Å². The molecular weight excluding hydrogens is 288 g/mol. The van der Waals surface area contributed by atoms with Gasteiger partial charge in [0.05, 0.1) is 33.0 Å². The van der Waals surface area contributed by atoms with Gasteiger partial charge in [-0.2, -0.15) is 4.98 Å². The molecule has 9 heteroatoms. The molecule has 0 saturated heterocycles. The molecule has 1 rings (SSSR count). The van der Waals surface area contributed by atoms with Crippen molar-refractivity contribution in [3.63, 3.8) is 0 Å². The highest BCUT2D eigenvalue weighted by Crippen LogP contribution is 2.19. The summed E-state index contributed by atoms with van der Waals surface area (Å²) in [5.74, 6) is 2.60. The highest BCUT2D eigenvalue weighted by atomic mass is 19.1. The van der Waals surface area contributed by atoms with Crippen LogP contribution in [0.4, 0.5) is 14.6 Å². The Morgan fingerprint density at radius 3 is 2.29 bits per heavy atom. The standard InChI is InChI=1S/C12H19F2N3O4/c1-18-2-3-19-4-5-20-6-7-21-12-10(14)8-9(13)11(16-12)17-15/h8H,2-7,15H2,1H3,(H,16,17). The summed E-state index contributed by atoms with van der Waals surface area (Å²) in [6, 6.07) is 0.641. The molecule has 0 aliphatic heterocycles. The Morgan fingerprint density at radius 1 is 1.05 bits per heavy atom. The molecule has 1 aromatic heterocycles. The summed E-state index contributed by atoms with van der Waals surface area (Å²) < 4.78 is 46.7. The van der Waals surface area contributed by atoms with Crippen molar-refractivity contribution in [2.75, 3.05) is 52.2 Å². The van der Waals surface area contributed by atoms with E-state index < -0.39 is 11.6 Å². The van der Waals surface area contributed by atoms with Crippen molar-refractivity contribution in [2.45, 2.75) is 0 Å². The summed E-state index contributed by atoms with van der Waals surface area (Å²) in [5.41, 5.74) is 2.01. The molecule has 0 saturated carbocycles. The van der Waals surface area contributed by atoms with Gasteiger partial charge in [-0.15, -0.1) is 0 Å². The first kappa shape index (κ1) is 17.5. The second-order valence-corrected chi connectivity index (χ2v) is 3.82. The minimum atomic E-state index is -0.908. The Kier molecular flexibility index (Phi) is 8.51. The molecule has 21 heavy (non-hydrogen) atoms. The number of anilines is 1. The lowest BCUT2D eigenvalue weighted by Gasteiger charge is -2.09. The molecule has 120 valence electrons. The lowest BCUT2D eigenvalue weighted by molar-refractivity contribution is 0.0173. The van der Waals surface area contributed by atoms with E-state index in [2.05, 4.69) is 4.98 Å². The van der Waals surface area contributed by atoms with Gasteiger partial charge < -0.3 is 24.4 Å². The average Bonchev–Trinajstić information content (AvgIpc) is 2.47. The van der Waals surface area contributed by atoms with E-state index >= 15 is 0 Å². The fraction of sp³-hybridized carbons (Fsp3) is 0.583. The van der Waals surface area contributed by atoms with Gasteiger partial charge in [0.15, 0.2) is 17.5 Å². The third kappa shape index (κ3) is 6.63. The molecule has 1 heterocycles. The number of aromatic nitrogens is 1. The fourth-order valence-corrected chi connectivity index (χ4v) is 1.31. The quantitative estimate of drug-likeness (QED) is 0.353. The summed E-state index contributed by atoms with van der Waals surface area (Å²) in [7, 11) is 1.59. The minimum Gasteiger partial charge on any atom is -0.473 e. The zero-order valence-corrected chi connectivity index (χ0v) is 11.7. The number of pyridine rings is 1. The van der Waals surface area contributed by atoms with E-state index in [0.717, 1.165) is 0 Å². The highest BCUT2D eigenvalue weighted by Gasteiger charge is 2.12. The second kappa shape index (κ2) is 10.2. The van der Waals surface area contributed by atoms with E-state index in [9.17, 15) is 8.78 Å². The summed E-state index contributed by atoms with van der Waals surface area (Å²) in [4.78, 5) is 3.56. The first-order chi connectivity index (χ1) is 10.2. The van der Waals surface area contributed by atoms with Gasteiger partial charge in [0.2, 0.25) is 0 Å². The number of nitrogens with two attached hydrogens (primary N) is 1. The van der Waals surface area contributed by atoms with Crippen LogP contribution in [0.15, 0.2) is 6.07 Å². The van der Waals surface area contributed by atoms with Crippen LogP contribution in [0.3, 0.4) is 0 Å². The molecule has 0 aliphatic rings. The SMILES string of the molecule is COCCOCCOCCOc1nc(NN)c(F)cc1F. The van der Waals surface area contributed by atoms with Crippen molar-refractivity contribution >= 4 is 5.82 Å². The highest BCUT2D eigenvalue weighted by molar-refractivity contribution is 5.38. The number of halogens is 2. The van der Waals surface area contributed by atoms with E-state index in [-0.39, 0.29) is 24.9 Å². The summed E-state index contributed by atoms with van der Waals surface area (Å²) in [5, 5.41) is 0. The average molecular weight is 307 g/mol. The molecule has 1 aromatic rings. The molecule has 7 nitrogen and oxygen atoms in total. The normalized spacial score (nSPS) is 10.7. The lowest BCUT2D eigenvalue weighted by atomic mass is 10.4. The smallest absolute Gasteiger partial charge is 0.252 e. The molecule has 0 radical (unpaired) electrons. The maximum absolute atomic E-state index is 13.3. The number of nitrogens with zero attached hydrogens (tertiary/aromatic N) is 1. The van der Waals surface area contributed by atoms with Gasteiger partial charge in [0.25, 0.3) is 5.88 Å². The maximum atomic E-state index is 13.3. The van der Waals surface area contributed by atoms with E-state index in [1.807, 2.05) is 5.43 Å². The van der Waals surface area contributed by atoms with Crippen molar-refractivity contribution in [3.05, 3.63) is 17.7 Å². The maximum Gasteiger partial charge on any atom is 0.252 e. The van der Waals surface area contributed by atoms with E-state index in [4.69, 9.17) is 24.8 Å². The zero-order valence-electron chi connectivity index (χ0n) is 11.7.